The van der Waals surface area contributed by atoms with Crippen LogP contribution in [0.5, 0.6) is 0 Å². The predicted octanol–water partition coefficient (Wildman–Crippen LogP) is 2.78. The van der Waals surface area contributed by atoms with Gasteiger partial charge in [-0.1, -0.05) is 56.0 Å². The van der Waals surface area contributed by atoms with Crippen molar-refractivity contribution >= 4 is 11.8 Å². The van der Waals surface area contributed by atoms with Gasteiger partial charge in [0.2, 0.25) is 11.8 Å². The molecule has 3 rings (SSSR count). The van der Waals surface area contributed by atoms with Crippen LogP contribution in [0, 0.1) is 0 Å². The molecular formula is C21H31N3O2. The molecule has 5 heteroatoms. The molecule has 0 aromatic heterocycles. The van der Waals surface area contributed by atoms with E-state index >= 15 is 0 Å². The van der Waals surface area contributed by atoms with Crippen LogP contribution in [0.1, 0.15) is 63.0 Å². The van der Waals surface area contributed by atoms with Crippen molar-refractivity contribution in [3.8, 4) is 0 Å². The third-order valence-corrected chi connectivity index (χ3v) is 5.86. The van der Waals surface area contributed by atoms with E-state index in [9.17, 15) is 9.59 Å². The summed E-state index contributed by atoms with van der Waals surface area (Å²) in [6.07, 6.45) is 9.84. The average Bonchev–Trinajstić information content (AvgIpc) is 3.38. The molecule has 2 amide bonds. The molecule has 5 nitrogen and oxygen atoms in total. The highest BCUT2D eigenvalue weighted by Gasteiger charge is 2.32. The first-order chi connectivity index (χ1) is 12.7. The third kappa shape index (κ3) is 4.64. The Balaban J connectivity index is 1.68. The monoisotopic (exact) mass is 357 g/mol. The quantitative estimate of drug-likeness (QED) is 0.789. The summed E-state index contributed by atoms with van der Waals surface area (Å²) in [7, 11) is 1.60. The van der Waals surface area contributed by atoms with Gasteiger partial charge in [0.25, 0.3) is 0 Å². The third-order valence-electron chi connectivity index (χ3n) is 5.86. The maximum atomic E-state index is 12.8. The lowest BCUT2D eigenvalue weighted by Gasteiger charge is -2.34. The van der Waals surface area contributed by atoms with Crippen LogP contribution in [0.2, 0.25) is 0 Å². The number of carbonyl (C=O) groups is 2. The van der Waals surface area contributed by atoms with Crippen molar-refractivity contribution in [1.82, 2.24) is 15.5 Å². The van der Waals surface area contributed by atoms with E-state index < -0.39 is 6.04 Å². The van der Waals surface area contributed by atoms with Gasteiger partial charge < -0.3 is 10.6 Å². The van der Waals surface area contributed by atoms with Crippen LogP contribution >= 0.6 is 0 Å². The molecule has 2 aliphatic carbocycles. The SMILES string of the molecule is CNC(=O)[C@H](NC(=O)CN(C1CCCC1)C1CCCC1)c1ccccc1. The number of rotatable bonds is 7. The predicted molar refractivity (Wildman–Crippen MR) is 103 cm³/mol. The number of carbonyl (C=O) groups excluding carboxylic acids is 2. The van der Waals surface area contributed by atoms with Gasteiger partial charge in [0.15, 0.2) is 0 Å². The normalized spacial score (nSPS) is 19.6. The second kappa shape index (κ2) is 9.17. The van der Waals surface area contributed by atoms with Crippen molar-refractivity contribution in [1.29, 1.82) is 0 Å². The summed E-state index contributed by atoms with van der Waals surface area (Å²) in [5.41, 5.74) is 0.813. The van der Waals surface area contributed by atoms with Crippen LogP contribution in [0.4, 0.5) is 0 Å². The van der Waals surface area contributed by atoms with Gasteiger partial charge in [-0.15, -0.1) is 0 Å². The van der Waals surface area contributed by atoms with Crippen molar-refractivity contribution in [2.45, 2.75) is 69.5 Å². The van der Waals surface area contributed by atoms with Crippen LogP contribution in [-0.4, -0.2) is 42.4 Å². The number of hydrogen-bond donors (Lipinski definition) is 2. The fourth-order valence-electron chi connectivity index (χ4n) is 4.49. The fraction of sp³-hybridized carbons (Fsp3) is 0.619. The molecule has 1 aromatic rings. The second-order valence-electron chi connectivity index (χ2n) is 7.57. The minimum Gasteiger partial charge on any atom is -0.357 e. The van der Waals surface area contributed by atoms with E-state index in [0.29, 0.717) is 18.6 Å². The fourth-order valence-corrected chi connectivity index (χ4v) is 4.49. The Morgan fingerprint density at radius 3 is 2.04 bits per heavy atom. The molecular weight excluding hydrogens is 326 g/mol. The molecule has 1 aromatic carbocycles. The van der Waals surface area contributed by atoms with Gasteiger partial charge in [-0.2, -0.15) is 0 Å². The molecule has 2 aliphatic rings. The lowest BCUT2D eigenvalue weighted by Crippen LogP contribution is -2.49. The van der Waals surface area contributed by atoms with Crippen molar-refractivity contribution in [2.24, 2.45) is 0 Å². The number of likely N-dealkylation sites (N-methyl/N-ethyl adjacent to an activating group) is 1. The summed E-state index contributed by atoms with van der Waals surface area (Å²) in [4.78, 5) is 27.6. The van der Waals surface area contributed by atoms with E-state index in [1.807, 2.05) is 30.3 Å². The minimum atomic E-state index is -0.636. The van der Waals surface area contributed by atoms with Crippen molar-refractivity contribution in [3.63, 3.8) is 0 Å². The molecule has 2 fully saturated rings. The Morgan fingerprint density at radius 2 is 1.54 bits per heavy atom. The molecule has 0 heterocycles. The lowest BCUT2D eigenvalue weighted by molar-refractivity contribution is -0.130. The molecule has 2 N–H and O–H groups in total. The molecule has 0 spiro atoms. The van der Waals surface area contributed by atoms with Crippen LogP contribution in [-0.2, 0) is 9.59 Å². The Labute approximate surface area is 156 Å². The largest absolute Gasteiger partial charge is 0.357 e. The van der Waals surface area contributed by atoms with Gasteiger partial charge >= 0.3 is 0 Å². The zero-order chi connectivity index (χ0) is 18.4. The summed E-state index contributed by atoms with van der Waals surface area (Å²) in [5.74, 6) is -0.237. The molecule has 2 saturated carbocycles. The summed E-state index contributed by atoms with van der Waals surface area (Å²) >= 11 is 0. The highest BCUT2D eigenvalue weighted by atomic mass is 16.2. The van der Waals surface area contributed by atoms with Crippen LogP contribution in [0.25, 0.3) is 0 Å². The molecule has 0 bridgehead atoms. The number of amides is 2. The van der Waals surface area contributed by atoms with Crippen LogP contribution < -0.4 is 10.6 Å². The van der Waals surface area contributed by atoms with Gasteiger partial charge in [0.1, 0.15) is 6.04 Å². The van der Waals surface area contributed by atoms with Gasteiger partial charge in [-0.05, 0) is 31.2 Å². The smallest absolute Gasteiger partial charge is 0.246 e. The van der Waals surface area contributed by atoms with Gasteiger partial charge in [-0.3, -0.25) is 14.5 Å². The molecule has 0 unspecified atom stereocenters. The average molecular weight is 357 g/mol. The molecule has 26 heavy (non-hydrogen) atoms. The molecule has 1 atom stereocenters. The Hall–Kier alpha value is -1.88. The Bertz CT molecular complexity index is 577. The van der Waals surface area contributed by atoms with E-state index in [-0.39, 0.29) is 11.8 Å². The van der Waals surface area contributed by atoms with E-state index in [0.717, 1.165) is 5.56 Å². The Kier molecular flexibility index (Phi) is 6.67. The minimum absolute atomic E-state index is 0.0544. The number of hydrogen-bond acceptors (Lipinski definition) is 3. The maximum Gasteiger partial charge on any atom is 0.246 e. The Morgan fingerprint density at radius 1 is 1.00 bits per heavy atom. The van der Waals surface area contributed by atoms with Gasteiger partial charge in [0, 0.05) is 19.1 Å². The van der Waals surface area contributed by atoms with E-state index in [1.54, 1.807) is 7.05 Å². The van der Waals surface area contributed by atoms with Crippen LogP contribution in [0.15, 0.2) is 30.3 Å². The van der Waals surface area contributed by atoms with Crippen molar-refractivity contribution in [3.05, 3.63) is 35.9 Å². The van der Waals surface area contributed by atoms with Gasteiger partial charge in [0.05, 0.1) is 6.54 Å². The van der Waals surface area contributed by atoms with Crippen LogP contribution in [0.3, 0.4) is 0 Å². The maximum absolute atomic E-state index is 12.8. The molecule has 0 saturated heterocycles. The first-order valence-electron chi connectivity index (χ1n) is 10.0. The van der Waals surface area contributed by atoms with Gasteiger partial charge in [-0.25, -0.2) is 0 Å². The molecule has 0 aliphatic heterocycles. The summed E-state index contributed by atoms with van der Waals surface area (Å²) in [5, 5.41) is 5.63. The van der Waals surface area contributed by atoms with E-state index in [4.69, 9.17) is 0 Å². The summed E-state index contributed by atoms with van der Waals surface area (Å²) in [6.45, 7) is 0.398. The summed E-state index contributed by atoms with van der Waals surface area (Å²) < 4.78 is 0. The number of nitrogens with one attached hydrogen (secondary N) is 2. The highest BCUT2D eigenvalue weighted by molar-refractivity contribution is 5.89. The zero-order valence-electron chi connectivity index (χ0n) is 15.7. The first kappa shape index (κ1) is 18.9. The standard InChI is InChI=1S/C21H31N3O2/c1-22-21(26)20(16-9-3-2-4-10-16)23-19(25)15-24(17-11-5-6-12-17)18-13-7-8-14-18/h2-4,9-10,17-18,20H,5-8,11-15H2,1H3,(H,22,26)(H,23,25)/t20-/m1/s1. The number of benzene rings is 1. The zero-order valence-corrected chi connectivity index (χ0v) is 15.7. The van der Waals surface area contributed by atoms with E-state index in [2.05, 4.69) is 15.5 Å². The first-order valence-corrected chi connectivity index (χ1v) is 10.0. The summed E-state index contributed by atoms with van der Waals surface area (Å²) in [6, 6.07) is 9.87. The number of nitrogens with zero attached hydrogens (tertiary/aromatic N) is 1. The second-order valence-corrected chi connectivity index (χ2v) is 7.57. The topological polar surface area (TPSA) is 61.4 Å². The van der Waals surface area contributed by atoms with Crippen molar-refractivity contribution < 1.29 is 9.59 Å². The molecule has 0 radical (unpaired) electrons. The highest BCUT2D eigenvalue weighted by Crippen LogP contribution is 2.31. The molecule has 142 valence electrons. The van der Waals surface area contributed by atoms with E-state index in [1.165, 1.54) is 51.4 Å². The lowest BCUT2D eigenvalue weighted by atomic mass is 10.1. The van der Waals surface area contributed by atoms with Crippen molar-refractivity contribution in [2.75, 3.05) is 13.6 Å².